The molecule has 1 aromatic rings. The van der Waals surface area contributed by atoms with Gasteiger partial charge in [-0.25, -0.2) is 4.79 Å². The van der Waals surface area contributed by atoms with Gasteiger partial charge in [0.1, 0.15) is 5.75 Å². The quantitative estimate of drug-likeness (QED) is 0.858. The summed E-state index contributed by atoms with van der Waals surface area (Å²) in [5.74, 6) is 0.519. The molecule has 17 heavy (non-hydrogen) atoms. The summed E-state index contributed by atoms with van der Waals surface area (Å²) < 4.78 is 15.7. The fraction of sp³-hybridized carbons (Fsp3) is 0.417. The van der Waals surface area contributed by atoms with Crippen molar-refractivity contribution in [1.29, 1.82) is 0 Å². The third-order valence-corrected chi connectivity index (χ3v) is 2.31. The fourth-order valence-corrected chi connectivity index (χ4v) is 1.48. The van der Waals surface area contributed by atoms with Crippen molar-refractivity contribution in [1.82, 2.24) is 5.32 Å². The number of para-hydroxylation sites is 1. The zero-order valence-electron chi connectivity index (χ0n) is 9.43. The molecule has 0 radical (unpaired) electrons. The average Bonchev–Trinajstić information content (AvgIpc) is 2.39. The Labute approximate surface area is 99.7 Å². The SMILES string of the molecule is O=C(NCC1COCCO1)Oc1ccccc1. The van der Waals surface area contributed by atoms with E-state index in [0.29, 0.717) is 32.1 Å². The van der Waals surface area contributed by atoms with Crippen LogP contribution >= 0.6 is 0 Å². The lowest BCUT2D eigenvalue weighted by atomic mass is 10.3. The molecule has 0 aliphatic carbocycles. The molecule has 1 aliphatic heterocycles. The van der Waals surface area contributed by atoms with Crippen molar-refractivity contribution in [2.45, 2.75) is 6.10 Å². The van der Waals surface area contributed by atoms with Crippen LogP contribution in [0.25, 0.3) is 0 Å². The smallest absolute Gasteiger partial charge is 0.410 e. The van der Waals surface area contributed by atoms with Crippen molar-refractivity contribution in [3.05, 3.63) is 30.3 Å². The Hall–Kier alpha value is -1.59. The number of hydrogen-bond acceptors (Lipinski definition) is 4. The minimum atomic E-state index is -0.481. The minimum Gasteiger partial charge on any atom is -0.410 e. The molecule has 1 aliphatic rings. The van der Waals surface area contributed by atoms with Gasteiger partial charge in [-0.15, -0.1) is 0 Å². The second kappa shape index (κ2) is 6.22. The van der Waals surface area contributed by atoms with E-state index >= 15 is 0 Å². The Morgan fingerprint density at radius 1 is 1.35 bits per heavy atom. The summed E-state index contributed by atoms with van der Waals surface area (Å²) in [6, 6.07) is 8.92. The summed E-state index contributed by atoms with van der Waals surface area (Å²) >= 11 is 0. The average molecular weight is 237 g/mol. The van der Waals surface area contributed by atoms with Crippen LogP contribution < -0.4 is 10.1 Å². The highest BCUT2D eigenvalue weighted by Crippen LogP contribution is 2.08. The van der Waals surface area contributed by atoms with E-state index in [1.807, 2.05) is 6.07 Å². The van der Waals surface area contributed by atoms with Crippen molar-refractivity contribution in [3.8, 4) is 5.75 Å². The van der Waals surface area contributed by atoms with Gasteiger partial charge < -0.3 is 19.5 Å². The first-order valence-corrected chi connectivity index (χ1v) is 5.54. The second-order valence-corrected chi connectivity index (χ2v) is 3.65. The number of rotatable bonds is 3. The van der Waals surface area contributed by atoms with Gasteiger partial charge in [0.15, 0.2) is 0 Å². The van der Waals surface area contributed by atoms with E-state index in [1.165, 1.54) is 0 Å². The van der Waals surface area contributed by atoms with E-state index in [4.69, 9.17) is 14.2 Å². The van der Waals surface area contributed by atoms with Crippen LogP contribution in [0, 0.1) is 0 Å². The molecular formula is C12H15NO4. The lowest BCUT2D eigenvalue weighted by Gasteiger charge is -2.22. The highest BCUT2D eigenvalue weighted by molar-refractivity contribution is 5.70. The molecular weight excluding hydrogens is 222 g/mol. The molecule has 1 heterocycles. The van der Waals surface area contributed by atoms with Crippen molar-refractivity contribution in [3.63, 3.8) is 0 Å². The summed E-state index contributed by atoms with van der Waals surface area (Å²) in [6.45, 7) is 2.09. The van der Waals surface area contributed by atoms with Gasteiger partial charge in [-0.05, 0) is 12.1 Å². The summed E-state index contributed by atoms with van der Waals surface area (Å²) in [5.41, 5.74) is 0. The number of ether oxygens (including phenoxy) is 3. The van der Waals surface area contributed by atoms with Gasteiger partial charge in [0, 0.05) is 6.54 Å². The van der Waals surface area contributed by atoms with Gasteiger partial charge in [-0.1, -0.05) is 18.2 Å². The van der Waals surface area contributed by atoms with Crippen LogP contribution in [0.2, 0.25) is 0 Å². The van der Waals surface area contributed by atoms with Crippen LogP contribution in [-0.4, -0.2) is 38.6 Å². The van der Waals surface area contributed by atoms with Crippen LogP contribution in [0.3, 0.4) is 0 Å². The van der Waals surface area contributed by atoms with Crippen LogP contribution in [0.1, 0.15) is 0 Å². The lowest BCUT2D eigenvalue weighted by Crippen LogP contribution is -2.40. The van der Waals surface area contributed by atoms with E-state index in [-0.39, 0.29) is 6.10 Å². The molecule has 92 valence electrons. The topological polar surface area (TPSA) is 56.8 Å². The maximum absolute atomic E-state index is 11.4. The number of carbonyl (C=O) groups is 1. The highest BCUT2D eigenvalue weighted by Gasteiger charge is 2.15. The number of carbonyl (C=O) groups excluding carboxylic acids is 1. The fourth-order valence-electron chi connectivity index (χ4n) is 1.48. The molecule has 1 amide bonds. The third-order valence-electron chi connectivity index (χ3n) is 2.31. The molecule has 2 rings (SSSR count). The number of benzene rings is 1. The van der Waals surface area contributed by atoms with E-state index in [2.05, 4.69) is 5.32 Å². The molecule has 0 spiro atoms. The molecule has 5 heteroatoms. The first-order valence-electron chi connectivity index (χ1n) is 5.54. The van der Waals surface area contributed by atoms with Gasteiger partial charge >= 0.3 is 6.09 Å². The summed E-state index contributed by atoms with van der Waals surface area (Å²) in [6.07, 6.45) is -0.572. The van der Waals surface area contributed by atoms with Crippen LogP contribution in [0.15, 0.2) is 30.3 Å². The van der Waals surface area contributed by atoms with Crippen molar-refractivity contribution in [2.75, 3.05) is 26.4 Å². The first-order chi connectivity index (χ1) is 8.34. The zero-order chi connectivity index (χ0) is 11.9. The zero-order valence-corrected chi connectivity index (χ0v) is 9.43. The number of amides is 1. The maximum atomic E-state index is 11.4. The van der Waals surface area contributed by atoms with E-state index < -0.39 is 6.09 Å². The molecule has 0 saturated carbocycles. The molecule has 1 N–H and O–H groups in total. The number of nitrogens with one attached hydrogen (secondary N) is 1. The standard InChI is InChI=1S/C12H15NO4/c14-12(17-10-4-2-1-3-5-10)13-8-11-9-15-6-7-16-11/h1-5,11H,6-9H2,(H,13,14). The Kier molecular flexibility index (Phi) is 4.35. The van der Waals surface area contributed by atoms with Crippen molar-refractivity contribution in [2.24, 2.45) is 0 Å². The maximum Gasteiger partial charge on any atom is 0.412 e. The molecule has 1 unspecified atom stereocenters. The van der Waals surface area contributed by atoms with Gasteiger partial charge in [-0.3, -0.25) is 0 Å². The molecule has 1 fully saturated rings. The molecule has 0 aromatic heterocycles. The summed E-state index contributed by atoms with van der Waals surface area (Å²) in [5, 5.41) is 2.63. The minimum absolute atomic E-state index is 0.0907. The summed E-state index contributed by atoms with van der Waals surface area (Å²) in [4.78, 5) is 11.4. The van der Waals surface area contributed by atoms with Crippen molar-refractivity contribution >= 4 is 6.09 Å². The molecule has 1 aromatic carbocycles. The second-order valence-electron chi connectivity index (χ2n) is 3.65. The largest absolute Gasteiger partial charge is 0.412 e. The molecule has 1 saturated heterocycles. The lowest BCUT2D eigenvalue weighted by molar-refractivity contribution is -0.0856. The normalized spacial score (nSPS) is 19.6. The Morgan fingerprint density at radius 2 is 2.18 bits per heavy atom. The van der Waals surface area contributed by atoms with E-state index in [9.17, 15) is 4.79 Å². The van der Waals surface area contributed by atoms with E-state index in [1.54, 1.807) is 24.3 Å². The Balaban J connectivity index is 1.70. The Morgan fingerprint density at radius 3 is 2.88 bits per heavy atom. The van der Waals surface area contributed by atoms with Gasteiger partial charge in [0.05, 0.1) is 25.9 Å². The predicted molar refractivity (Wildman–Crippen MR) is 61.0 cm³/mol. The van der Waals surface area contributed by atoms with Crippen LogP contribution in [0.4, 0.5) is 4.79 Å². The monoisotopic (exact) mass is 237 g/mol. The molecule has 0 bridgehead atoms. The van der Waals surface area contributed by atoms with Gasteiger partial charge in [-0.2, -0.15) is 0 Å². The Bertz CT molecular complexity index is 349. The number of hydrogen-bond donors (Lipinski definition) is 1. The predicted octanol–water partition coefficient (Wildman–Crippen LogP) is 1.19. The van der Waals surface area contributed by atoms with E-state index in [0.717, 1.165) is 0 Å². The first kappa shape index (κ1) is 11.9. The molecule has 1 atom stereocenters. The van der Waals surface area contributed by atoms with Gasteiger partial charge in [0.2, 0.25) is 0 Å². The molecule has 5 nitrogen and oxygen atoms in total. The van der Waals surface area contributed by atoms with Crippen molar-refractivity contribution < 1.29 is 19.0 Å². The summed E-state index contributed by atoms with van der Waals surface area (Å²) in [7, 11) is 0. The van der Waals surface area contributed by atoms with Gasteiger partial charge in [0.25, 0.3) is 0 Å². The highest BCUT2D eigenvalue weighted by atomic mass is 16.6. The third kappa shape index (κ3) is 4.05. The van der Waals surface area contributed by atoms with Crippen LogP contribution in [-0.2, 0) is 9.47 Å². The van der Waals surface area contributed by atoms with Crippen LogP contribution in [0.5, 0.6) is 5.75 Å².